The topological polar surface area (TPSA) is 9.23 Å². The standard InChI is InChI=1S/C12H16O/c1-8-4-5-12-10(3)13-9(2)7-11(12)6-8/h6-7,11-12H,3-5H2,1-2H3. The minimum absolute atomic E-state index is 0.521. The quantitative estimate of drug-likeness (QED) is 0.514. The number of hydrogen-bond acceptors (Lipinski definition) is 1. The van der Waals surface area contributed by atoms with Crippen LogP contribution in [0.3, 0.4) is 0 Å². The predicted octanol–water partition coefficient (Wildman–Crippen LogP) is 3.41. The van der Waals surface area contributed by atoms with Gasteiger partial charge in [-0.25, -0.2) is 0 Å². The first-order valence-electron chi connectivity index (χ1n) is 4.89. The van der Waals surface area contributed by atoms with Gasteiger partial charge in [-0.1, -0.05) is 18.2 Å². The number of allylic oxidation sites excluding steroid dienone is 5. The smallest absolute Gasteiger partial charge is 0.100 e. The molecule has 2 atom stereocenters. The lowest BCUT2D eigenvalue weighted by Crippen LogP contribution is -2.22. The highest BCUT2D eigenvalue weighted by Crippen LogP contribution is 2.38. The monoisotopic (exact) mass is 176 g/mol. The van der Waals surface area contributed by atoms with Crippen LogP contribution in [-0.2, 0) is 4.74 Å². The molecular weight excluding hydrogens is 160 g/mol. The Hall–Kier alpha value is -0.980. The highest BCUT2D eigenvalue weighted by atomic mass is 16.5. The summed E-state index contributed by atoms with van der Waals surface area (Å²) in [5, 5.41) is 0. The van der Waals surface area contributed by atoms with Gasteiger partial charge in [-0.05, 0) is 32.8 Å². The first-order chi connectivity index (χ1) is 6.16. The van der Waals surface area contributed by atoms with Crippen LogP contribution in [0, 0.1) is 11.8 Å². The minimum Gasteiger partial charge on any atom is -0.467 e. The second-order valence-corrected chi connectivity index (χ2v) is 4.08. The zero-order valence-electron chi connectivity index (χ0n) is 8.34. The Labute approximate surface area is 79.8 Å². The summed E-state index contributed by atoms with van der Waals surface area (Å²) in [5.41, 5.74) is 1.50. The molecule has 1 aliphatic heterocycles. The number of fused-ring (bicyclic) bond motifs is 1. The van der Waals surface area contributed by atoms with E-state index in [9.17, 15) is 0 Å². The third-order valence-corrected chi connectivity index (χ3v) is 2.92. The Morgan fingerprint density at radius 1 is 1.38 bits per heavy atom. The normalized spacial score (nSPS) is 32.9. The average Bonchev–Trinajstić information content (AvgIpc) is 2.02. The van der Waals surface area contributed by atoms with Gasteiger partial charge >= 0.3 is 0 Å². The molecule has 1 aliphatic carbocycles. The van der Waals surface area contributed by atoms with E-state index in [0.29, 0.717) is 11.8 Å². The number of hydrogen-bond donors (Lipinski definition) is 0. The summed E-state index contributed by atoms with van der Waals surface area (Å²) < 4.78 is 5.53. The fourth-order valence-electron chi connectivity index (χ4n) is 2.23. The van der Waals surface area contributed by atoms with Crippen molar-refractivity contribution < 1.29 is 4.74 Å². The molecule has 0 fully saturated rings. The van der Waals surface area contributed by atoms with Gasteiger partial charge in [-0.2, -0.15) is 0 Å². The molecule has 2 unspecified atom stereocenters. The maximum Gasteiger partial charge on any atom is 0.100 e. The maximum atomic E-state index is 5.53. The van der Waals surface area contributed by atoms with Gasteiger partial charge in [0.25, 0.3) is 0 Å². The summed E-state index contributed by atoms with van der Waals surface area (Å²) >= 11 is 0. The number of rotatable bonds is 0. The molecule has 0 aromatic rings. The van der Waals surface area contributed by atoms with Crippen LogP contribution < -0.4 is 0 Å². The summed E-state index contributed by atoms with van der Waals surface area (Å²) in [5.74, 6) is 3.01. The van der Waals surface area contributed by atoms with Gasteiger partial charge in [0.2, 0.25) is 0 Å². The van der Waals surface area contributed by atoms with E-state index in [4.69, 9.17) is 4.74 Å². The van der Waals surface area contributed by atoms with Crippen molar-refractivity contribution >= 4 is 0 Å². The van der Waals surface area contributed by atoms with Crippen LogP contribution >= 0.6 is 0 Å². The molecule has 2 rings (SSSR count). The zero-order chi connectivity index (χ0) is 9.42. The lowest BCUT2D eigenvalue weighted by Gasteiger charge is -2.33. The van der Waals surface area contributed by atoms with Crippen LogP contribution in [0.5, 0.6) is 0 Å². The maximum absolute atomic E-state index is 5.53. The van der Waals surface area contributed by atoms with E-state index in [1.807, 2.05) is 6.92 Å². The molecule has 0 aromatic heterocycles. The molecule has 1 heterocycles. The molecule has 1 nitrogen and oxygen atoms in total. The predicted molar refractivity (Wildman–Crippen MR) is 54.0 cm³/mol. The van der Waals surface area contributed by atoms with Crippen LogP contribution in [0.4, 0.5) is 0 Å². The highest BCUT2D eigenvalue weighted by molar-refractivity contribution is 5.22. The molecule has 0 N–H and O–H groups in total. The van der Waals surface area contributed by atoms with E-state index in [-0.39, 0.29) is 0 Å². The van der Waals surface area contributed by atoms with Crippen LogP contribution in [0.1, 0.15) is 26.7 Å². The van der Waals surface area contributed by atoms with Gasteiger partial charge in [-0.3, -0.25) is 0 Å². The first-order valence-corrected chi connectivity index (χ1v) is 4.89. The molecule has 0 saturated carbocycles. The van der Waals surface area contributed by atoms with Gasteiger partial charge in [0, 0.05) is 11.8 Å². The fraction of sp³-hybridized carbons (Fsp3) is 0.500. The highest BCUT2D eigenvalue weighted by Gasteiger charge is 2.29. The van der Waals surface area contributed by atoms with Crippen molar-refractivity contribution in [1.29, 1.82) is 0 Å². The van der Waals surface area contributed by atoms with E-state index in [1.54, 1.807) is 0 Å². The Bertz CT molecular complexity index is 296. The molecule has 0 radical (unpaired) electrons. The molecule has 1 heteroatoms. The van der Waals surface area contributed by atoms with Gasteiger partial charge in [-0.15, -0.1) is 0 Å². The summed E-state index contributed by atoms with van der Waals surface area (Å²) in [6.07, 6.45) is 6.94. The van der Waals surface area contributed by atoms with Crippen molar-refractivity contribution in [2.45, 2.75) is 26.7 Å². The molecule has 0 aromatic carbocycles. The van der Waals surface area contributed by atoms with E-state index in [0.717, 1.165) is 11.5 Å². The van der Waals surface area contributed by atoms with E-state index < -0.39 is 0 Å². The third kappa shape index (κ3) is 1.55. The fourth-order valence-corrected chi connectivity index (χ4v) is 2.23. The Balaban J connectivity index is 2.31. The van der Waals surface area contributed by atoms with Crippen molar-refractivity contribution in [1.82, 2.24) is 0 Å². The lowest BCUT2D eigenvalue weighted by atomic mass is 9.79. The number of ether oxygens (including phenoxy) is 1. The Kier molecular flexibility index (Phi) is 2.03. The second-order valence-electron chi connectivity index (χ2n) is 4.08. The molecule has 13 heavy (non-hydrogen) atoms. The van der Waals surface area contributed by atoms with Crippen molar-refractivity contribution in [2.24, 2.45) is 11.8 Å². The molecule has 0 saturated heterocycles. The Morgan fingerprint density at radius 3 is 2.92 bits per heavy atom. The van der Waals surface area contributed by atoms with E-state index >= 15 is 0 Å². The molecule has 0 bridgehead atoms. The van der Waals surface area contributed by atoms with Crippen LogP contribution in [0.2, 0.25) is 0 Å². The van der Waals surface area contributed by atoms with Crippen LogP contribution in [-0.4, -0.2) is 0 Å². The summed E-state index contributed by atoms with van der Waals surface area (Å²) in [6.45, 7) is 8.19. The molecule has 2 aliphatic rings. The first kappa shape index (κ1) is 8.61. The van der Waals surface area contributed by atoms with Gasteiger partial charge < -0.3 is 4.74 Å². The van der Waals surface area contributed by atoms with Crippen molar-refractivity contribution in [3.63, 3.8) is 0 Å². The summed E-state index contributed by atoms with van der Waals surface area (Å²) in [7, 11) is 0. The average molecular weight is 176 g/mol. The second kappa shape index (κ2) is 3.06. The third-order valence-electron chi connectivity index (χ3n) is 2.92. The lowest BCUT2D eigenvalue weighted by molar-refractivity contribution is 0.204. The molecule has 0 amide bonds. The zero-order valence-corrected chi connectivity index (χ0v) is 8.34. The van der Waals surface area contributed by atoms with Crippen molar-refractivity contribution in [3.8, 4) is 0 Å². The molecule has 0 spiro atoms. The minimum atomic E-state index is 0.521. The van der Waals surface area contributed by atoms with Crippen LogP contribution in [0.25, 0.3) is 0 Å². The van der Waals surface area contributed by atoms with Crippen LogP contribution in [0.15, 0.2) is 35.8 Å². The molecule has 70 valence electrons. The molecular formula is C12H16O. The van der Waals surface area contributed by atoms with Gasteiger partial charge in [0.1, 0.15) is 5.76 Å². The van der Waals surface area contributed by atoms with Gasteiger partial charge in [0.15, 0.2) is 0 Å². The summed E-state index contributed by atoms with van der Waals surface area (Å²) in [6, 6.07) is 0. The van der Waals surface area contributed by atoms with E-state index in [1.165, 1.54) is 18.4 Å². The Morgan fingerprint density at radius 2 is 2.15 bits per heavy atom. The summed E-state index contributed by atoms with van der Waals surface area (Å²) in [4.78, 5) is 0. The van der Waals surface area contributed by atoms with Gasteiger partial charge in [0.05, 0.1) is 5.76 Å². The largest absolute Gasteiger partial charge is 0.467 e. The SMILES string of the molecule is C=C1OC(C)=CC2C=C(C)CCC12. The van der Waals surface area contributed by atoms with Crippen molar-refractivity contribution in [3.05, 3.63) is 35.8 Å². The van der Waals surface area contributed by atoms with E-state index in [2.05, 4.69) is 25.7 Å². The van der Waals surface area contributed by atoms with Crippen molar-refractivity contribution in [2.75, 3.05) is 0 Å².